The quantitative estimate of drug-likeness (QED) is 0.865. The first-order chi connectivity index (χ1) is 8.26. The second-order valence-electron chi connectivity index (χ2n) is 5.17. The molecule has 1 aliphatic heterocycles. The molecule has 1 aromatic carbocycles. The Balaban J connectivity index is 2.15. The van der Waals surface area contributed by atoms with Crippen molar-refractivity contribution in [2.45, 2.75) is 32.7 Å². The second kappa shape index (κ2) is 5.65. The molecular weight excluding hydrogens is 208 g/mol. The van der Waals surface area contributed by atoms with E-state index in [4.69, 9.17) is 5.73 Å². The van der Waals surface area contributed by atoms with E-state index < -0.39 is 0 Å². The average Bonchev–Trinajstić information content (AvgIpc) is 2.81. The SMILES string of the molecule is CCC1CCN(C(CN)c2ccccc2C)C1. The highest BCUT2D eigenvalue weighted by molar-refractivity contribution is 5.29. The molecule has 2 N–H and O–H groups in total. The monoisotopic (exact) mass is 232 g/mol. The Labute approximate surface area is 105 Å². The summed E-state index contributed by atoms with van der Waals surface area (Å²) in [6.07, 6.45) is 2.63. The fourth-order valence-corrected chi connectivity index (χ4v) is 2.91. The standard InChI is InChI=1S/C15H24N2/c1-3-13-8-9-17(11-13)15(10-16)14-7-5-4-6-12(14)2/h4-7,13,15H,3,8-11,16H2,1-2H3. The van der Waals surface area contributed by atoms with Gasteiger partial charge in [0.1, 0.15) is 0 Å². The summed E-state index contributed by atoms with van der Waals surface area (Å²) in [5, 5.41) is 0. The minimum Gasteiger partial charge on any atom is -0.329 e. The van der Waals surface area contributed by atoms with Gasteiger partial charge in [0.25, 0.3) is 0 Å². The van der Waals surface area contributed by atoms with Gasteiger partial charge in [-0.1, -0.05) is 37.6 Å². The summed E-state index contributed by atoms with van der Waals surface area (Å²) >= 11 is 0. The Hall–Kier alpha value is -0.860. The number of hydrogen-bond donors (Lipinski definition) is 1. The van der Waals surface area contributed by atoms with E-state index in [0.29, 0.717) is 6.04 Å². The molecule has 0 amide bonds. The Morgan fingerprint density at radius 1 is 1.41 bits per heavy atom. The van der Waals surface area contributed by atoms with Gasteiger partial charge in [0.2, 0.25) is 0 Å². The molecule has 0 radical (unpaired) electrons. The summed E-state index contributed by atoms with van der Waals surface area (Å²) in [6.45, 7) is 7.62. The molecule has 1 fully saturated rings. The van der Waals surface area contributed by atoms with Crippen LogP contribution in [0.3, 0.4) is 0 Å². The van der Waals surface area contributed by atoms with Crippen molar-refractivity contribution < 1.29 is 0 Å². The molecule has 1 heterocycles. The fourth-order valence-electron chi connectivity index (χ4n) is 2.91. The van der Waals surface area contributed by atoms with Crippen LogP contribution in [0.1, 0.15) is 36.9 Å². The molecule has 1 saturated heterocycles. The zero-order valence-corrected chi connectivity index (χ0v) is 11.0. The molecule has 0 aliphatic carbocycles. The van der Waals surface area contributed by atoms with E-state index in [2.05, 4.69) is 43.0 Å². The third kappa shape index (κ3) is 2.70. The van der Waals surface area contributed by atoms with E-state index in [1.165, 1.54) is 37.1 Å². The predicted molar refractivity (Wildman–Crippen MR) is 72.9 cm³/mol. The largest absolute Gasteiger partial charge is 0.329 e. The molecule has 2 nitrogen and oxygen atoms in total. The minimum absolute atomic E-state index is 0.410. The number of likely N-dealkylation sites (tertiary alicyclic amines) is 1. The number of benzene rings is 1. The minimum atomic E-state index is 0.410. The molecule has 2 unspecified atom stereocenters. The van der Waals surface area contributed by atoms with Gasteiger partial charge in [-0.2, -0.15) is 0 Å². The van der Waals surface area contributed by atoms with Gasteiger partial charge in [-0.25, -0.2) is 0 Å². The molecule has 2 rings (SSSR count). The van der Waals surface area contributed by atoms with Crippen LogP contribution in [0.25, 0.3) is 0 Å². The predicted octanol–water partition coefficient (Wildman–Crippen LogP) is 2.73. The summed E-state index contributed by atoms with van der Waals surface area (Å²) < 4.78 is 0. The lowest BCUT2D eigenvalue weighted by Crippen LogP contribution is -2.32. The van der Waals surface area contributed by atoms with Crippen LogP contribution < -0.4 is 5.73 Å². The average molecular weight is 232 g/mol. The zero-order valence-electron chi connectivity index (χ0n) is 11.0. The highest BCUT2D eigenvalue weighted by atomic mass is 15.2. The summed E-state index contributed by atoms with van der Waals surface area (Å²) in [7, 11) is 0. The van der Waals surface area contributed by atoms with Gasteiger partial charge in [0, 0.05) is 19.1 Å². The number of hydrogen-bond acceptors (Lipinski definition) is 2. The lowest BCUT2D eigenvalue weighted by molar-refractivity contribution is 0.240. The van der Waals surface area contributed by atoms with Gasteiger partial charge >= 0.3 is 0 Å². The highest BCUT2D eigenvalue weighted by Gasteiger charge is 2.27. The molecule has 17 heavy (non-hydrogen) atoms. The van der Waals surface area contributed by atoms with Crippen molar-refractivity contribution in [2.75, 3.05) is 19.6 Å². The molecule has 2 heteroatoms. The first-order valence-electron chi connectivity index (χ1n) is 6.76. The van der Waals surface area contributed by atoms with Crippen molar-refractivity contribution in [3.8, 4) is 0 Å². The molecule has 2 atom stereocenters. The van der Waals surface area contributed by atoms with Crippen molar-refractivity contribution in [1.82, 2.24) is 4.90 Å². The normalized spacial score (nSPS) is 22.9. The molecule has 1 aromatic rings. The Morgan fingerprint density at radius 2 is 2.18 bits per heavy atom. The van der Waals surface area contributed by atoms with E-state index in [0.717, 1.165) is 12.5 Å². The van der Waals surface area contributed by atoms with Crippen LogP contribution in [0.15, 0.2) is 24.3 Å². The van der Waals surface area contributed by atoms with Gasteiger partial charge in [-0.05, 0) is 36.9 Å². The van der Waals surface area contributed by atoms with Crippen molar-refractivity contribution in [1.29, 1.82) is 0 Å². The number of rotatable bonds is 4. The van der Waals surface area contributed by atoms with Gasteiger partial charge in [0.15, 0.2) is 0 Å². The van der Waals surface area contributed by atoms with Gasteiger partial charge in [-0.15, -0.1) is 0 Å². The first kappa shape index (κ1) is 12.6. The van der Waals surface area contributed by atoms with Crippen LogP contribution in [0, 0.1) is 12.8 Å². The smallest absolute Gasteiger partial charge is 0.0473 e. The maximum atomic E-state index is 6.00. The lowest BCUT2D eigenvalue weighted by atomic mass is 10.00. The second-order valence-corrected chi connectivity index (χ2v) is 5.17. The number of nitrogens with two attached hydrogens (primary N) is 1. The van der Waals surface area contributed by atoms with Crippen molar-refractivity contribution in [3.05, 3.63) is 35.4 Å². The maximum Gasteiger partial charge on any atom is 0.0473 e. The first-order valence-corrected chi connectivity index (χ1v) is 6.76. The van der Waals surface area contributed by atoms with Crippen molar-refractivity contribution >= 4 is 0 Å². The van der Waals surface area contributed by atoms with E-state index in [9.17, 15) is 0 Å². The van der Waals surface area contributed by atoms with Crippen molar-refractivity contribution in [2.24, 2.45) is 11.7 Å². The van der Waals surface area contributed by atoms with Crippen LogP contribution in [-0.2, 0) is 0 Å². The Morgan fingerprint density at radius 3 is 2.76 bits per heavy atom. The molecule has 0 saturated carbocycles. The van der Waals surface area contributed by atoms with Crippen molar-refractivity contribution in [3.63, 3.8) is 0 Å². The molecule has 0 bridgehead atoms. The third-order valence-corrected chi connectivity index (χ3v) is 4.11. The molecular formula is C15H24N2. The van der Waals surface area contributed by atoms with E-state index in [-0.39, 0.29) is 0 Å². The van der Waals surface area contributed by atoms with Gasteiger partial charge < -0.3 is 5.73 Å². The van der Waals surface area contributed by atoms with E-state index in [1.807, 2.05) is 0 Å². The summed E-state index contributed by atoms with van der Waals surface area (Å²) in [4.78, 5) is 2.57. The summed E-state index contributed by atoms with van der Waals surface area (Å²) in [5.41, 5.74) is 8.77. The molecule has 1 aliphatic rings. The summed E-state index contributed by atoms with van der Waals surface area (Å²) in [6, 6.07) is 9.05. The van der Waals surface area contributed by atoms with Crippen LogP contribution in [-0.4, -0.2) is 24.5 Å². The topological polar surface area (TPSA) is 29.3 Å². The zero-order chi connectivity index (χ0) is 12.3. The molecule has 0 aromatic heterocycles. The van der Waals surface area contributed by atoms with Crippen LogP contribution >= 0.6 is 0 Å². The van der Waals surface area contributed by atoms with E-state index in [1.54, 1.807) is 0 Å². The molecule has 94 valence electrons. The van der Waals surface area contributed by atoms with Gasteiger partial charge in [0.05, 0.1) is 0 Å². The van der Waals surface area contributed by atoms with Crippen LogP contribution in [0.2, 0.25) is 0 Å². The fraction of sp³-hybridized carbons (Fsp3) is 0.600. The Kier molecular flexibility index (Phi) is 4.19. The lowest BCUT2D eigenvalue weighted by Gasteiger charge is -2.28. The Bertz CT molecular complexity index is 362. The van der Waals surface area contributed by atoms with E-state index >= 15 is 0 Å². The summed E-state index contributed by atoms with van der Waals surface area (Å²) in [5.74, 6) is 0.869. The van der Waals surface area contributed by atoms with Crippen LogP contribution in [0.4, 0.5) is 0 Å². The highest BCUT2D eigenvalue weighted by Crippen LogP contribution is 2.29. The number of nitrogens with zero attached hydrogens (tertiary/aromatic N) is 1. The number of aryl methyl sites for hydroxylation is 1. The maximum absolute atomic E-state index is 6.00. The third-order valence-electron chi connectivity index (χ3n) is 4.11. The van der Waals surface area contributed by atoms with Gasteiger partial charge in [-0.3, -0.25) is 4.90 Å². The molecule has 0 spiro atoms. The van der Waals surface area contributed by atoms with Crippen LogP contribution in [0.5, 0.6) is 0 Å².